The zero-order valence-corrected chi connectivity index (χ0v) is 12.8. The van der Waals surface area contributed by atoms with Crippen LogP contribution in [0.4, 0.5) is 0 Å². The van der Waals surface area contributed by atoms with Crippen molar-refractivity contribution in [2.24, 2.45) is 17.8 Å². The molecule has 0 spiro atoms. The Hall–Kier alpha value is -0.530. The molecule has 0 saturated heterocycles. The Kier molecular flexibility index (Phi) is 5.68. The highest BCUT2D eigenvalue weighted by Crippen LogP contribution is 2.35. The highest BCUT2D eigenvalue weighted by molar-refractivity contribution is 5.70. The largest absolute Gasteiger partial charge is 0.460 e. The second-order valence-corrected chi connectivity index (χ2v) is 7.32. The van der Waals surface area contributed by atoms with Gasteiger partial charge in [0.1, 0.15) is 5.60 Å². The van der Waals surface area contributed by atoms with Crippen LogP contribution in [0.15, 0.2) is 0 Å². The van der Waals surface area contributed by atoms with Crippen LogP contribution in [0, 0.1) is 17.8 Å². The first-order valence-electron chi connectivity index (χ1n) is 7.48. The lowest BCUT2D eigenvalue weighted by Gasteiger charge is -2.30. The van der Waals surface area contributed by atoms with Gasteiger partial charge in [-0.1, -0.05) is 26.7 Å². The Morgan fingerprint density at radius 3 is 2.39 bits per heavy atom. The standard InChI is InChI=1S/C16H30O2/c1-12(2)9-13-7-6-8-14(10-13)11-15(17)18-16(3,4)5/h12-14H,6-11H2,1-5H3. The lowest BCUT2D eigenvalue weighted by atomic mass is 9.77. The topological polar surface area (TPSA) is 26.3 Å². The first-order valence-corrected chi connectivity index (χ1v) is 7.48. The van der Waals surface area contributed by atoms with Crippen molar-refractivity contribution in [3.05, 3.63) is 0 Å². The molecule has 0 radical (unpaired) electrons. The fourth-order valence-electron chi connectivity index (χ4n) is 3.09. The van der Waals surface area contributed by atoms with Crippen LogP contribution < -0.4 is 0 Å². The highest BCUT2D eigenvalue weighted by Gasteiger charge is 2.26. The second-order valence-electron chi connectivity index (χ2n) is 7.32. The van der Waals surface area contributed by atoms with E-state index < -0.39 is 0 Å². The third kappa shape index (κ3) is 6.42. The molecule has 2 atom stereocenters. The third-order valence-corrected chi connectivity index (χ3v) is 3.57. The molecule has 2 unspecified atom stereocenters. The minimum absolute atomic E-state index is 0.0160. The summed E-state index contributed by atoms with van der Waals surface area (Å²) in [6.07, 6.45) is 6.98. The van der Waals surface area contributed by atoms with Crippen LogP contribution in [-0.2, 0) is 9.53 Å². The SMILES string of the molecule is CC(C)CC1CCCC(CC(=O)OC(C)(C)C)C1. The van der Waals surface area contributed by atoms with E-state index in [0.29, 0.717) is 12.3 Å². The molecule has 1 fully saturated rings. The Balaban J connectivity index is 2.36. The predicted molar refractivity (Wildman–Crippen MR) is 75.4 cm³/mol. The summed E-state index contributed by atoms with van der Waals surface area (Å²) in [6.45, 7) is 10.4. The lowest BCUT2D eigenvalue weighted by molar-refractivity contribution is -0.156. The van der Waals surface area contributed by atoms with Crippen molar-refractivity contribution in [2.45, 2.75) is 78.7 Å². The van der Waals surface area contributed by atoms with E-state index in [9.17, 15) is 4.79 Å². The zero-order valence-electron chi connectivity index (χ0n) is 12.8. The van der Waals surface area contributed by atoms with Crippen molar-refractivity contribution >= 4 is 5.97 Å². The number of carbonyl (C=O) groups excluding carboxylic acids is 1. The van der Waals surface area contributed by atoms with Gasteiger partial charge in [0.2, 0.25) is 0 Å². The van der Waals surface area contributed by atoms with Crippen LogP contribution in [0.25, 0.3) is 0 Å². The maximum Gasteiger partial charge on any atom is 0.306 e. The normalized spacial score (nSPS) is 25.2. The Morgan fingerprint density at radius 1 is 1.22 bits per heavy atom. The fourth-order valence-corrected chi connectivity index (χ4v) is 3.09. The number of ether oxygens (including phenoxy) is 1. The van der Waals surface area contributed by atoms with Crippen LogP contribution in [0.1, 0.15) is 73.1 Å². The Labute approximate surface area is 112 Å². The van der Waals surface area contributed by atoms with Crippen molar-refractivity contribution in [3.63, 3.8) is 0 Å². The van der Waals surface area contributed by atoms with Gasteiger partial charge >= 0.3 is 5.97 Å². The van der Waals surface area contributed by atoms with Gasteiger partial charge in [0.15, 0.2) is 0 Å². The molecule has 0 heterocycles. The summed E-state index contributed by atoms with van der Waals surface area (Å²) in [6, 6.07) is 0. The second kappa shape index (κ2) is 6.58. The lowest BCUT2D eigenvalue weighted by Crippen LogP contribution is -2.27. The molecular formula is C16H30O2. The van der Waals surface area contributed by atoms with Crippen molar-refractivity contribution in [3.8, 4) is 0 Å². The van der Waals surface area contributed by atoms with Crippen LogP contribution >= 0.6 is 0 Å². The Bertz CT molecular complexity index is 263. The van der Waals surface area contributed by atoms with Gasteiger partial charge in [-0.3, -0.25) is 4.79 Å². The maximum absolute atomic E-state index is 11.8. The molecule has 0 aliphatic heterocycles. The minimum atomic E-state index is -0.344. The summed E-state index contributed by atoms with van der Waals surface area (Å²) in [5, 5.41) is 0. The van der Waals surface area contributed by atoms with Crippen molar-refractivity contribution < 1.29 is 9.53 Å². The quantitative estimate of drug-likeness (QED) is 0.687. The predicted octanol–water partition coefficient (Wildman–Crippen LogP) is 4.57. The number of hydrogen-bond donors (Lipinski definition) is 0. The minimum Gasteiger partial charge on any atom is -0.460 e. The van der Waals surface area contributed by atoms with Gasteiger partial charge in [-0.15, -0.1) is 0 Å². The maximum atomic E-state index is 11.8. The first-order chi connectivity index (χ1) is 8.26. The molecule has 18 heavy (non-hydrogen) atoms. The summed E-state index contributed by atoms with van der Waals surface area (Å²) < 4.78 is 5.42. The van der Waals surface area contributed by atoms with Crippen LogP contribution in [0.5, 0.6) is 0 Å². The van der Waals surface area contributed by atoms with Crippen LogP contribution in [-0.4, -0.2) is 11.6 Å². The van der Waals surface area contributed by atoms with Gasteiger partial charge in [0, 0.05) is 6.42 Å². The van der Waals surface area contributed by atoms with E-state index in [2.05, 4.69) is 13.8 Å². The third-order valence-electron chi connectivity index (χ3n) is 3.57. The molecule has 2 nitrogen and oxygen atoms in total. The van der Waals surface area contributed by atoms with E-state index >= 15 is 0 Å². The molecule has 1 saturated carbocycles. The molecule has 0 aromatic rings. The number of esters is 1. The molecule has 0 aromatic carbocycles. The van der Waals surface area contributed by atoms with Gasteiger partial charge in [0.25, 0.3) is 0 Å². The summed E-state index contributed by atoms with van der Waals surface area (Å²) in [5.74, 6) is 2.14. The molecule has 2 heteroatoms. The summed E-state index contributed by atoms with van der Waals surface area (Å²) in [7, 11) is 0. The average molecular weight is 254 g/mol. The van der Waals surface area contributed by atoms with E-state index in [1.165, 1.54) is 32.1 Å². The van der Waals surface area contributed by atoms with Crippen molar-refractivity contribution in [2.75, 3.05) is 0 Å². The van der Waals surface area contributed by atoms with E-state index in [4.69, 9.17) is 4.74 Å². The molecular weight excluding hydrogens is 224 g/mol. The molecule has 106 valence electrons. The summed E-state index contributed by atoms with van der Waals surface area (Å²) >= 11 is 0. The molecule has 0 bridgehead atoms. The molecule has 1 rings (SSSR count). The smallest absolute Gasteiger partial charge is 0.306 e. The molecule has 0 aromatic heterocycles. The highest BCUT2D eigenvalue weighted by atomic mass is 16.6. The van der Waals surface area contributed by atoms with Gasteiger partial charge in [-0.25, -0.2) is 0 Å². The zero-order chi connectivity index (χ0) is 13.8. The number of rotatable bonds is 4. The van der Waals surface area contributed by atoms with Crippen LogP contribution in [0.2, 0.25) is 0 Å². The summed E-state index contributed by atoms with van der Waals surface area (Å²) in [4.78, 5) is 11.8. The fraction of sp³-hybridized carbons (Fsp3) is 0.938. The molecule has 0 amide bonds. The molecule has 1 aliphatic carbocycles. The van der Waals surface area contributed by atoms with Crippen molar-refractivity contribution in [1.82, 2.24) is 0 Å². The van der Waals surface area contributed by atoms with E-state index in [-0.39, 0.29) is 11.6 Å². The summed E-state index contributed by atoms with van der Waals surface area (Å²) in [5.41, 5.74) is -0.344. The molecule has 0 N–H and O–H groups in total. The monoisotopic (exact) mass is 254 g/mol. The Morgan fingerprint density at radius 2 is 1.83 bits per heavy atom. The van der Waals surface area contributed by atoms with Crippen molar-refractivity contribution in [1.29, 1.82) is 0 Å². The van der Waals surface area contributed by atoms with E-state index in [1.807, 2.05) is 20.8 Å². The first kappa shape index (κ1) is 15.5. The van der Waals surface area contributed by atoms with Gasteiger partial charge in [-0.05, 0) is 57.8 Å². The average Bonchev–Trinajstić information content (AvgIpc) is 2.13. The molecule has 1 aliphatic rings. The van der Waals surface area contributed by atoms with E-state index in [0.717, 1.165) is 11.8 Å². The van der Waals surface area contributed by atoms with Gasteiger partial charge in [0.05, 0.1) is 0 Å². The van der Waals surface area contributed by atoms with Gasteiger partial charge < -0.3 is 4.74 Å². The number of carbonyl (C=O) groups is 1. The van der Waals surface area contributed by atoms with E-state index in [1.54, 1.807) is 0 Å². The van der Waals surface area contributed by atoms with Crippen LogP contribution in [0.3, 0.4) is 0 Å². The van der Waals surface area contributed by atoms with Gasteiger partial charge in [-0.2, -0.15) is 0 Å². The number of hydrogen-bond acceptors (Lipinski definition) is 2.